The van der Waals surface area contributed by atoms with Gasteiger partial charge in [-0.1, -0.05) is 58.2 Å². The number of benzene rings is 2. The maximum Gasteiger partial charge on any atom is 0.241 e. The number of rotatable bonds is 9. The van der Waals surface area contributed by atoms with Gasteiger partial charge in [0, 0.05) is 29.5 Å². The Balaban J connectivity index is 1.14. The number of aryl methyl sites for hydroxylation is 1. The summed E-state index contributed by atoms with van der Waals surface area (Å²) < 4.78 is 5.46. The van der Waals surface area contributed by atoms with Gasteiger partial charge in [0.1, 0.15) is 0 Å². The second kappa shape index (κ2) is 12.1. The van der Waals surface area contributed by atoms with Gasteiger partial charge in [0.05, 0.1) is 16.6 Å². The van der Waals surface area contributed by atoms with Crippen LogP contribution in [-0.4, -0.2) is 46.3 Å². The topological polar surface area (TPSA) is 71.3 Å². The number of nitrogens with zero attached hydrogens (tertiary/aromatic N) is 3. The fourth-order valence-corrected chi connectivity index (χ4v) is 5.10. The molecule has 1 saturated heterocycles. The maximum atomic E-state index is 12.6. The molecule has 1 aromatic heterocycles. The molecule has 1 fully saturated rings. The van der Waals surface area contributed by atoms with Crippen LogP contribution in [0.25, 0.3) is 11.4 Å². The van der Waals surface area contributed by atoms with Crippen LogP contribution >= 0.6 is 35.0 Å². The van der Waals surface area contributed by atoms with Crippen molar-refractivity contribution in [3.05, 3.63) is 69.5 Å². The smallest absolute Gasteiger partial charge is 0.241 e. The highest BCUT2D eigenvalue weighted by Gasteiger charge is 2.25. The first-order valence-corrected chi connectivity index (χ1v) is 13.3. The number of aromatic nitrogens is 2. The van der Waals surface area contributed by atoms with Gasteiger partial charge in [0.25, 0.3) is 0 Å². The summed E-state index contributed by atoms with van der Waals surface area (Å²) in [7, 11) is 0. The molecule has 0 atom stereocenters. The van der Waals surface area contributed by atoms with Gasteiger partial charge >= 0.3 is 0 Å². The third-order valence-electron chi connectivity index (χ3n) is 5.86. The molecule has 2 heterocycles. The summed E-state index contributed by atoms with van der Waals surface area (Å²) in [4.78, 5) is 19.4. The van der Waals surface area contributed by atoms with Gasteiger partial charge in [0.2, 0.25) is 17.6 Å². The van der Waals surface area contributed by atoms with E-state index < -0.39 is 0 Å². The molecule has 0 spiro atoms. The molecule has 1 amide bonds. The predicted octanol–water partition coefficient (Wildman–Crippen LogP) is 5.61. The Morgan fingerprint density at radius 1 is 1.18 bits per heavy atom. The molecule has 4 rings (SSSR count). The van der Waals surface area contributed by atoms with Crippen molar-refractivity contribution in [2.24, 2.45) is 5.92 Å². The van der Waals surface area contributed by atoms with E-state index in [0.29, 0.717) is 34.8 Å². The molecule has 1 aliphatic rings. The summed E-state index contributed by atoms with van der Waals surface area (Å²) in [5.41, 5.74) is 3.25. The van der Waals surface area contributed by atoms with Crippen LogP contribution < -0.4 is 5.32 Å². The minimum Gasteiger partial charge on any atom is -0.355 e. The lowest BCUT2D eigenvalue weighted by Crippen LogP contribution is -2.40. The second-order valence-corrected chi connectivity index (χ2v) is 10.4. The van der Waals surface area contributed by atoms with Crippen molar-refractivity contribution in [1.82, 2.24) is 20.4 Å². The first-order valence-electron chi connectivity index (χ1n) is 11.4. The predicted molar refractivity (Wildman–Crippen MR) is 138 cm³/mol. The van der Waals surface area contributed by atoms with Crippen molar-refractivity contribution >= 4 is 40.9 Å². The van der Waals surface area contributed by atoms with Crippen LogP contribution in [0.15, 0.2) is 47.0 Å². The van der Waals surface area contributed by atoms with E-state index in [2.05, 4.69) is 20.4 Å². The van der Waals surface area contributed by atoms with Crippen molar-refractivity contribution in [2.45, 2.75) is 32.1 Å². The zero-order valence-electron chi connectivity index (χ0n) is 19.1. The average Bonchev–Trinajstić information content (AvgIpc) is 3.30. The van der Waals surface area contributed by atoms with E-state index in [1.54, 1.807) is 11.8 Å². The Labute approximate surface area is 214 Å². The first kappa shape index (κ1) is 25.0. The molecule has 0 aliphatic carbocycles. The highest BCUT2D eigenvalue weighted by molar-refractivity contribution is 7.98. The first-order chi connectivity index (χ1) is 16.5. The van der Waals surface area contributed by atoms with E-state index in [9.17, 15) is 4.79 Å². The molecule has 2 aromatic carbocycles. The number of likely N-dealkylation sites (tertiary alicyclic amines) is 1. The summed E-state index contributed by atoms with van der Waals surface area (Å²) >= 11 is 13.8. The number of carbonyl (C=O) groups is 1. The highest BCUT2D eigenvalue weighted by Crippen LogP contribution is 2.25. The summed E-state index contributed by atoms with van der Waals surface area (Å²) in [6.45, 7) is 4.99. The maximum absolute atomic E-state index is 12.6. The number of piperidine rings is 1. The van der Waals surface area contributed by atoms with Crippen LogP contribution in [0.4, 0.5) is 0 Å². The molecule has 0 saturated carbocycles. The van der Waals surface area contributed by atoms with Crippen LogP contribution in [0.3, 0.4) is 0 Å². The Bertz CT molecular complexity index is 1120. The molecule has 180 valence electrons. The van der Waals surface area contributed by atoms with E-state index >= 15 is 0 Å². The normalized spacial score (nSPS) is 14.9. The fraction of sp³-hybridized carbons (Fsp3) is 0.400. The molecule has 34 heavy (non-hydrogen) atoms. The van der Waals surface area contributed by atoms with Gasteiger partial charge in [-0.25, -0.2) is 0 Å². The van der Waals surface area contributed by atoms with Crippen molar-refractivity contribution in [3.63, 3.8) is 0 Å². The van der Waals surface area contributed by atoms with E-state index in [1.807, 2.05) is 49.4 Å². The molecule has 0 radical (unpaired) electrons. The minimum absolute atomic E-state index is 0.0573. The summed E-state index contributed by atoms with van der Waals surface area (Å²) in [6, 6.07) is 13.7. The third-order valence-corrected chi connectivity index (χ3v) is 7.63. The Hall–Kier alpha value is -2.06. The molecular formula is C25H28Cl2N4O2S. The molecule has 9 heteroatoms. The summed E-state index contributed by atoms with van der Waals surface area (Å²) in [5.74, 6) is 3.12. The highest BCUT2D eigenvalue weighted by atomic mass is 35.5. The number of carbonyl (C=O) groups excluding carboxylic acids is 1. The lowest BCUT2D eigenvalue weighted by molar-refractivity contribution is -0.126. The number of hydrogen-bond donors (Lipinski definition) is 1. The van der Waals surface area contributed by atoms with Crippen molar-refractivity contribution in [2.75, 3.05) is 25.4 Å². The quantitative estimate of drug-likeness (QED) is 0.371. The number of halogens is 2. The zero-order chi connectivity index (χ0) is 23.9. The van der Waals surface area contributed by atoms with Gasteiger partial charge < -0.3 is 9.84 Å². The average molecular weight is 519 g/mol. The minimum atomic E-state index is 0.0573. The van der Waals surface area contributed by atoms with E-state index in [-0.39, 0.29) is 11.8 Å². The molecule has 0 bridgehead atoms. The lowest BCUT2D eigenvalue weighted by atomic mass is 9.96. The monoisotopic (exact) mass is 518 g/mol. The van der Waals surface area contributed by atoms with Crippen molar-refractivity contribution < 1.29 is 9.32 Å². The number of nitrogens with one attached hydrogen (secondary N) is 1. The van der Waals surface area contributed by atoms with Gasteiger partial charge in [-0.05, 0) is 56.6 Å². The van der Waals surface area contributed by atoms with E-state index in [4.69, 9.17) is 27.7 Å². The van der Waals surface area contributed by atoms with Crippen molar-refractivity contribution in [3.8, 4) is 11.4 Å². The van der Waals surface area contributed by atoms with Crippen molar-refractivity contribution in [1.29, 1.82) is 0 Å². The fourth-order valence-electron chi connectivity index (χ4n) is 3.98. The summed E-state index contributed by atoms with van der Waals surface area (Å²) in [6.07, 6.45) is 1.67. The number of amides is 1. The number of thioether (sulfide) groups is 1. The molecule has 6 nitrogen and oxygen atoms in total. The summed E-state index contributed by atoms with van der Waals surface area (Å²) in [5, 5.41) is 8.35. The molecule has 1 aliphatic heterocycles. The van der Waals surface area contributed by atoms with Gasteiger partial charge in [-0.2, -0.15) is 16.7 Å². The standard InChI is InChI=1S/C25H28Cl2N4O2S/c1-17-3-2-4-20(13-17)24-29-23(33-30-24)15-31-10-7-19(8-11-31)25(32)28-9-12-34-16-18-5-6-21(26)22(27)14-18/h2-6,13-14,19H,7-12,15-16H2,1H3,(H,28,32). The van der Waals surface area contributed by atoms with Gasteiger partial charge in [0.15, 0.2) is 0 Å². The van der Waals surface area contributed by atoms with E-state index in [1.165, 1.54) is 0 Å². The molecular weight excluding hydrogens is 491 g/mol. The molecule has 3 aromatic rings. The van der Waals surface area contributed by atoms with E-state index in [0.717, 1.165) is 54.1 Å². The van der Waals surface area contributed by atoms with Crippen LogP contribution in [0.2, 0.25) is 10.0 Å². The Kier molecular flexibility index (Phi) is 8.89. The largest absolute Gasteiger partial charge is 0.355 e. The Morgan fingerprint density at radius 3 is 2.76 bits per heavy atom. The van der Waals surface area contributed by atoms with Crippen LogP contribution in [0.1, 0.15) is 29.9 Å². The zero-order valence-corrected chi connectivity index (χ0v) is 21.4. The Morgan fingerprint density at radius 2 is 2.00 bits per heavy atom. The van der Waals surface area contributed by atoms with Crippen LogP contribution in [-0.2, 0) is 17.1 Å². The number of hydrogen-bond acceptors (Lipinski definition) is 6. The lowest BCUT2D eigenvalue weighted by Gasteiger charge is -2.30. The van der Waals surface area contributed by atoms with Gasteiger partial charge in [-0.15, -0.1) is 0 Å². The van der Waals surface area contributed by atoms with Gasteiger partial charge in [-0.3, -0.25) is 9.69 Å². The SMILES string of the molecule is Cc1cccc(-c2noc(CN3CCC(C(=O)NCCSCc4ccc(Cl)c(Cl)c4)CC3)n2)c1. The third kappa shape index (κ3) is 6.98. The van der Waals surface area contributed by atoms with Crippen LogP contribution in [0, 0.1) is 12.8 Å². The second-order valence-electron chi connectivity index (χ2n) is 8.52. The molecule has 0 unspecified atom stereocenters. The molecule has 1 N–H and O–H groups in total. The van der Waals surface area contributed by atoms with Crippen LogP contribution in [0.5, 0.6) is 0 Å².